The molecule has 0 aliphatic carbocycles. The third-order valence-corrected chi connectivity index (χ3v) is 3.51. The molecule has 0 saturated carbocycles. The van der Waals surface area contributed by atoms with Gasteiger partial charge in [0.1, 0.15) is 0 Å². The van der Waals surface area contributed by atoms with Crippen LogP contribution < -0.4 is 5.32 Å². The van der Waals surface area contributed by atoms with E-state index in [4.69, 9.17) is 5.11 Å². The van der Waals surface area contributed by atoms with Gasteiger partial charge in [-0.1, -0.05) is 18.2 Å². The van der Waals surface area contributed by atoms with Crippen molar-refractivity contribution in [3.8, 4) is 0 Å². The summed E-state index contributed by atoms with van der Waals surface area (Å²) in [5.74, 6) is 0.0379. The Labute approximate surface area is 128 Å². The van der Waals surface area contributed by atoms with Crippen molar-refractivity contribution >= 4 is 11.6 Å². The highest BCUT2D eigenvalue weighted by atomic mass is 16.2. The number of aliphatic hydroxyl groups excluding tert-OH is 1. The van der Waals surface area contributed by atoms with Gasteiger partial charge in [0.25, 0.3) is 0 Å². The van der Waals surface area contributed by atoms with Gasteiger partial charge in [0, 0.05) is 18.8 Å². The Morgan fingerprint density at radius 3 is 2.48 bits per heavy atom. The molecule has 0 spiro atoms. The molecule has 0 fully saturated rings. The quantitative estimate of drug-likeness (QED) is 0.688. The Balaban J connectivity index is 2.42. The summed E-state index contributed by atoms with van der Waals surface area (Å²) in [4.78, 5) is 14.6. The number of carbonyl (C=O) groups excluding carboxylic acids is 1. The standard InChI is InChI=1S/C17H28N2O2/c1-17(2,14-19(3)12-8-5-9-13-20)16(21)18-15-10-6-4-7-11-15/h4,6-7,10-11,20H,5,8-9,12-14H2,1-3H3,(H,18,21). The normalized spacial score (nSPS) is 11.7. The summed E-state index contributed by atoms with van der Waals surface area (Å²) < 4.78 is 0. The third kappa shape index (κ3) is 6.74. The van der Waals surface area contributed by atoms with Crippen LogP contribution in [0, 0.1) is 5.41 Å². The van der Waals surface area contributed by atoms with Crippen LogP contribution in [0.25, 0.3) is 0 Å². The molecule has 2 N–H and O–H groups in total. The molecule has 1 aromatic carbocycles. The zero-order chi connectivity index (χ0) is 15.7. The smallest absolute Gasteiger partial charge is 0.231 e. The zero-order valence-corrected chi connectivity index (χ0v) is 13.4. The van der Waals surface area contributed by atoms with Crippen molar-refractivity contribution in [2.75, 3.05) is 32.1 Å². The summed E-state index contributed by atoms with van der Waals surface area (Å²) in [6.45, 7) is 5.85. The van der Waals surface area contributed by atoms with E-state index in [0.29, 0.717) is 6.54 Å². The molecule has 0 bridgehead atoms. The molecule has 1 rings (SSSR count). The molecule has 0 saturated heterocycles. The molecule has 0 aliphatic rings. The fraction of sp³-hybridized carbons (Fsp3) is 0.588. The number of aliphatic hydroxyl groups is 1. The molecule has 0 radical (unpaired) electrons. The summed E-state index contributed by atoms with van der Waals surface area (Å²) >= 11 is 0. The van der Waals surface area contributed by atoms with Gasteiger partial charge in [-0.2, -0.15) is 0 Å². The zero-order valence-electron chi connectivity index (χ0n) is 13.4. The molecule has 1 aromatic rings. The van der Waals surface area contributed by atoms with Gasteiger partial charge < -0.3 is 15.3 Å². The Kier molecular flexibility index (Phi) is 7.40. The van der Waals surface area contributed by atoms with E-state index in [1.54, 1.807) is 0 Å². The molecule has 0 aliphatic heterocycles. The topological polar surface area (TPSA) is 52.6 Å². The largest absolute Gasteiger partial charge is 0.396 e. The van der Waals surface area contributed by atoms with E-state index in [0.717, 1.165) is 31.5 Å². The molecule has 0 unspecified atom stereocenters. The number of carbonyl (C=O) groups is 1. The first kappa shape index (κ1) is 17.7. The second kappa shape index (κ2) is 8.80. The Bertz CT molecular complexity index is 418. The van der Waals surface area contributed by atoms with E-state index in [1.807, 2.05) is 51.2 Å². The van der Waals surface area contributed by atoms with Crippen LogP contribution in [0.15, 0.2) is 30.3 Å². The van der Waals surface area contributed by atoms with Crippen molar-refractivity contribution < 1.29 is 9.90 Å². The van der Waals surface area contributed by atoms with Crippen LogP contribution in [-0.4, -0.2) is 42.7 Å². The minimum Gasteiger partial charge on any atom is -0.396 e. The van der Waals surface area contributed by atoms with Crippen LogP contribution in [0.5, 0.6) is 0 Å². The molecule has 0 heterocycles. The first-order valence-electron chi connectivity index (χ1n) is 7.61. The van der Waals surface area contributed by atoms with E-state index in [-0.39, 0.29) is 12.5 Å². The summed E-state index contributed by atoms with van der Waals surface area (Å²) in [6, 6.07) is 9.55. The van der Waals surface area contributed by atoms with Gasteiger partial charge in [-0.05, 0) is 58.8 Å². The van der Waals surface area contributed by atoms with Gasteiger partial charge in [-0.15, -0.1) is 0 Å². The number of unbranched alkanes of at least 4 members (excludes halogenated alkanes) is 2. The lowest BCUT2D eigenvalue weighted by atomic mass is 9.91. The van der Waals surface area contributed by atoms with E-state index < -0.39 is 5.41 Å². The van der Waals surface area contributed by atoms with Crippen molar-refractivity contribution in [2.45, 2.75) is 33.1 Å². The predicted octanol–water partition coefficient (Wildman–Crippen LogP) is 2.75. The summed E-state index contributed by atoms with van der Waals surface area (Å²) in [6.07, 6.45) is 2.93. The molecule has 4 heteroatoms. The van der Waals surface area contributed by atoms with Gasteiger partial charge >= 0.3 is 0 Å². The highest BCUT2D eigenvalue weighted by molar-refractivity contribution is 5.94. The average molecular weight is 292 g/mol. The molecule has 0 atom stereocenters. The SMILES string of the molecule is CN(CCCCCO)CC(C)(C)C(=O)Nc1ccccc1. The molecular formula is C17H28N2O2. The molecule has 118 valence electrons. The molecule has 1 amide bonds. The maximum absolute atomic E-state index is 12.4. The fourth-order valence-electron chi connectivity index (χ4n) is 2.32. The van der Waals surface area contributed by atoms with Gasteiger partial charge in [-0.3, -0.25) is 4.79 Å². The van der Waals surface area contributed by atoms with Crippen LogP contribution in [-0.2, 0) is 4.79 Å². The summed E-state index contributed by atoms with van der Waals surface area (Å²) in [7, 11) is 2.04. The van der Waals surface area contributed by atoms with Crippen molar-refractivity contribution in [3.05, 3.63) is 30.3 Å². The van der Waals surface area contributed by atoms with E-state index in [2.05, 4.69) is 10.2 Å². The first-order valence-corrected chi connectivity index (χ1v) is 7.61. The second-order valence-electron chi connectivity index (χ2n) is 6.23. The average Bonchev–Trinajstić information content (AvgIpc) is 2.44. The lowest BCUT2D eigenvalue weighted by molar-refractivity contribution is -0.124. The number of amides is 1. The number of hydrogen-bond donors (Lipinski definition) is 2. The van der Waals surface area contributed by atoms with Crippen molar-refractivity contribution in [2.24, 2.45) is 5.41 Å². The molecule has 21 heavy (non-hydrogen) atoms. The first-order chi connectivity index (χ1) is 9.95. The molecular weight excluding hydrogens is 264 g/mol. The van der Waals surface area contributed by atoms with Gasteiger partial charge in [0.2, 0.25) is 5.91 Å². The highest BCUT2D eigenvalue weighted by Gasteiger charge is 2.28. The second-order valence-corrected chi connectivity index (χ2v) is 6.23. The van der Waals surface area contributed by atoms with Crippen molar-refractivity contribution in [1.29, 1.82) is 0 Å². The van der Waals surface area contributed by atoms with Gasteiger partial charge in [-0.25, -0.2) is 0 Å². The fourth-order valence-corrected chi connectivity index (χ4v) is 2.32. The Hall–Kier alpha value is -1.39. The van der Waals surface area contributed by atoms with Crippen LogP contribution in [0.1, 0.15) is 33.1 Å². The van der Waals surface area contributed by atoms with E-state index in [9.17, 15) is 4.79 Å². The van der Waals surface area contributed by atoms with Gasteiger partial charge in [0.05, 0.1) is 5.41 Å². The van der Waals surface area contributed by atoms with Crippen LogP contribution in [0.2, 0.25) is 0 Å². The maximum Gasteiger partial charge on any atom is 0.231 e. The Morgan fingerprint density at radius 1 is 1.19 bits per heavy atom. The number of anilines is 1. The predicted molar refractivity (Wildman–Crippen MR) is 87.3 cm³/mol. The summed E-state index contributed by atoms with van der Waals surface area (Å²) in [5.41, 5.74) is 0.392. The van der Waals surface area contributed by atoms with E-state index >= 15 is 0 Å². The van der Waals surface area contributed by atoms with E-state index in [1.165, 1.54) is 0 Å². The minimum absolute atomic E-state index is 0.0379. The van der Waals surface area contributed by atoms with Crippen molar-refractivity contribution in [3.63, 3.8) is 0 Å². The number of nitrogens with zero attached hydrogens (tertiary/aromatic N) is 1. The highest BCUT2D eigenvalue weighted by Crippen LogP contribution is 2.20. The number of para-hydroxylation sites is 1. The van der Waals surface area contributed by atoms with Crippen LogP contribution in [0.3, 0.4) is 0 Å². The van der Waals surface area contributed by atoms with Crippen LogP contribution >= 0.6 is 0 Å². The lowest BCUT2D eigenvalue weighted by Gasteiger charge is -2.29. The number of nitrogens with one attached hydrogen (secondary N) is 1. The molecule has 0 aromatic heterocycles. The maximum atomic E-state index is 12.4. The number of hydrogen-bond acceptors (Lipinski definition) is 3. The molecule has 4 nitrogen and oxygen atoms in total. The van der Waals surface area contributed by atoms with Crippen LogP contribution in [0.4, 0.5) is 5.69 Å². The van der Waals surface area contributed by atoms with Crippen molar-refractivity contribution in [1.82, 2.24) is 4.90 Å². The third-order valence-electron chi connectivity index (χ3n) is 3.51. The monoisotopic (exact) mass is 292 g/mol. The minimum atomic E-state index is -0.443. The summed E-state index contributed by atoms with van der Waals surface area (Å²) in [5, 5.41) is 11.7. The number of benzene rings is 1. The van der Waals surface area contributed by atoms with Gasteiger partial charge in [0.15, 0.2) is 0 Å². The Morgan fingerprint density at radius 2 is 1.86 bits per heavy atom. The number of rotatable bonds is 9. The lowest BCUT2D eigenvalue weighted by Crippen LogP contribution is -2.40.